The molecule has 0 aliphatic rings. The number of aryl methyl sites for hydroxylation is 1. The van der Waals surface area contributed by atoms with Gasteiger partial charge in [0.1, 0.15) is 9.88 Å². The standard InChI is InChI=1S/C18H16N2O3S2/c1-10-7-12(8-13(11(10)2)18(22)23-3)20-16(21)15-9-19-17(25-15)14-5-4-6-24-14/h4-9H,1-3H3,(H,20,21). The van der Waals surface area contributed by atoms with E-state index in [0.717, 1.165) is 21.0 Å². The minimum atomic E-state index is -0.422. The molecule has 0 bridgehead atoms. The first kappa shape index (κ1) is 17.3. The largest absolute Gasteiger partial charge is 0.465 e. The summed E-state index contributed by atoms with van der Waals surface area (Å²) in [7, 11) is 1.34. The molecule has 0 spiro atoms. The molecule has 128 valence electrons. The van der Waals surface area contributed by atoms with Crippen molar-refractivity contribution in [2.75, 3.05) is 12.4 Å². The Morgan fingerprint density at radius 3 is 2.72 bits per heavy atom. The van der Waals surface area contributed by atoms with Crippen LogP contribution in [0.3, 0.4) is 0 Å². The number of methoxy groups -OCH3 is 1. The third-order valence-electron chi connectivity index (χ3n) is 3.79. The van der Waals surface area contributed by atoms with Gasteiger partial charge in [0.25, 0.3) is 5.91 Å². The number of esters is 1. The molecule has 1 N–H and O–H groups in total. The maximum absolute atomic E-state index is 12.5. The summed E-state index contributed by atoms with van der Waals surface area (Å²) < 4.78 is 4.80. The van der Waals surface area contributed by atoms with Gasteiger partial charge in [0, 0.05) is 5.69 Å². The second kappa shape index (κ2) is 7.16. The van der Waals surface area contributed by atoms with Gasteiger partial charge >= 0.3 is 5.97 Å². The van der Waals surface area contributed by atoms with Crippen LogP contribution in [0.4, 0.5) is 5.69 Å². The number of carbonyl (C=O) groups is 2. The predicted molar refractivity (Wildman–Crippen MR) is 101 cm³/mol. The molecule has 1 aromatic carbocycles. The van der Waals surface area contributed by atoms with Crippen molar-refractivity contribution in [2.24, 2.45) is 0 Å². The van der Waals surface area contributed by atoms with Crippen molar-refractivity contribution < 1.29 is 14.3 Å². The van der Waals surface area contributed by atoms with E-state index in [9.17, 15) is 9.59 Å². The molecule has 0 fully saturated rings. The van der Waals surface area contributed by atoms with Gasteiger partial charge in [-0.15, -0.1) is 22.7 Å². The molecule has 5 nitrogen and oxygen atoms in total. The number of hydrogen-bond donors (Lipinski definition) is 1. The fraction of sp³-hybridized carbons (Fsp3) is 0.167. The van der Waals surface area contributed by atoms with Crippen LogP contribution in [-0.2, 0) is 4.74 Å². The van der Waals surface area contributed by atoms with Crippen LogP contribution in [0.2, 0.25) is 0 Å². The van der Waals surface area contributed by atoms with Crippen molar-refractivity contribution in [1.29, 1.82) is 0 Å². The van der Waals surface area contributed by atoms with E-state index in [-0.39, 0.29) is 5.91 Å². The van der Waals surface area contributed by atoms with Gasteiger partial charge in [-0.25, -0.2) is 9.78 Å². The molecule has 0 saturated carbocycles. The number of benzene rings is 1. The van der Waals surface area contributed by atoms with Crippen molar-refractivity contribution in [1.82, 2.24) is 4.98 Å². The van der Waals surface area contributed by atoms with Gasteiger partial charge in [-0.3, -0.25) is 4.79 Å². The topological polar surface area (TPSA) is 68.3 Å². The number of ether oxygens (including phenoxy) is 1. The monoisotopic (exact) mass is 372 g/mol. The second-order valence-electron chi connectivity index (χ2n) is 5.42. The van der Waals surface area contributed by atoms with E-state index in [1.807, 2.05) is 37.4 Å². The lowest BCUT2D eigenvalue weighted by Gasteiger charge is -2.11. The van der Waals surface area contributed by atoms with Crippen LogP contribution in [0.5, 0.6) is 0 Å². The van der Waals surface area contributed by atoms with Crippen LogP contribution in [0.1, 0.15) is 31.2 Å². The van der Waals surface area contributed by atoms with E-state index in [1.165, 1.54) is 18.4 Å². The average Bonchev–Trinajstić information content (AvgIpc) is 3.28. The molecule has 3 aromatic rings. The molecule has 7 heteroatoms. The number of aromatic nitrogens is 1. The number of nitrogens with zero attached hydrogens (tertiary/aromatic N) is 1. The third-order valence-corrected chi connectivity index (χ3v) is 5.83. The number of carbonyl (C=O) groups excluding carboxylic acids is 2. The van der Waals surface area contributed by atoms with Gasteiger partial charge in [-0.2, -0.15) is 0 Å². The molecule has 0 aliphatic carbocycles. The Morgan fingerprint density at radius 2 is 2.04 bits per heavy atom. The van der Waals surface area contributed by atoms with Crippen LogP contribution >= 0.6 is 22.7 Å². The first-order valence-electron chi connectivity index (χ1n) is 7.50. The summed E-state index contributed by atoms with van der Waals surface area (Å²) in [5, 5.41) is 5.62. The van der Waals surface area contributed by atoms with Crippen LogP contribution in [0.25, 0.3) is 9.88 Å². The quantitative estimate of drug-likeness (QED) is 0.683. The Labute approximate surface area is 153 Å². The van der Waals surface area contributed by atoms with E-state index in [0.29, 0.717) is 16.1 Å². The summed E-state index contributed by atoms with van der Waals surface area (Å²) in [6.07, 6.45) is 1.57. The fourth-order valence-corrected chi connectivity index (χ4v) is 3.95. The minimum absolute atomic E-state index is 0.251. The second-order valence-corrected chi connectivity index (χ2v) is 7.40. The highest BCUT2D eigenvalue weighted by Gasteiger charge is 2.16. The molecule has 0 atom stereocenters. The Kier molecular flexibility index (Phi) is 4.96. The molecule has 25 heavy (non-hydrogen) atoms. The molecule has 2 heterocycles. The average molecular weight is 372 g/mol. The van der Waals surface area contributed by atoms with E-state index in [1.54, 1.807) is 23.6 Å². The number of anilines is 1. The lowest BCUT2D eigenvalue weighted by molar-refractivity contribution is 0.0599. The van der Waals surface area contributed by atoms with Gasteiger partial charge < -0.3 is 10.1 Å². The van der Waals surface area contributed by atoms with Gasteiger partial charge in [0.05, 0.1) is 23.7 Å². The van der Waals surface area contributed by atoms with Crippen molar-refractivity contribution in [3.63, 3.8) is 0 Å². The van der Waals surface area contributed by atoms with E-state index >= 15 is 0 Å². The maximum Gasteiger partial charge on any atom is 0.338 e. The summed E-state index contributed by atoms with van der Waals surface area (Å²) in [5.41, 5.74) is 2.74. The van der Waals surface area contributed by atoms with Crippen molar-refractivity contribution in [3.8, 4) is 9.88 Å². The first-order valence-corrected chi connectivity index (χ1v) is 9.20. The van der Waals surface area contributed by atoms with Crippen molar-refractivity contribution in [2.45, 2.75) is 13.8 Å². The third kappa shape index (κ3) is 3.62. The van der Waals surface area contributed by atoms with Gasteiger partial charge in [-0.05, 0) is 48.6 Å². The highest BCUT2D eigenvalue weighted by atomic mass is 32.1. The number of hydrogen-bond acceptors (Lipinski definition) is 6. The van der Waals surface area contributed by atoms with E-state index < -0.39 is 5.97 Å². The Balaban J connectivity index is 1.84. The summed E-state index contributed by atoms with van der Waals surface area (Å²) in [6, 6.07) is 7.38. The van der Waals surface area contributed by atoms with E-state index in [2.05, 4.69) is 10.3 Å². The Bertz CT molecular complexity index is 930. The molecular weight excluding hydrogens is 356 g/mol. The van der Waals surface area contributed by atoms with Crippen molar-refractivity contribution in [3.05, 3.63) is 57.4 Å². The highest BCUT2D eigenvalue weighted by Crippen LogP contribution is 2.29. The zero-order chi connectivity index (χ0) is 18.0. The Morgan fingerprint density at radius 1 is 1.24 bits per heavy atom. The number of thiophene rings is 1. The zero-order valence-corrected chi connectivity index (χ0v) is 15.6. The van der Waals surface area contributed by atoms with Gasteiger partial charge in [0.15, 0.2) is 0 Å². The molecule has 0 saturated heterocycles. The maximum atomic E-state index is 12.5. The number of rotatable bonds is 4. The molecule has 0 aliphatic heterocycles. The summed E-state index contributed by atoms with van der Waals surface area (Å²) in [4.78, 5) is 30.2. The lowest BCUT2D eigenvalue weighted by Crippen LogP contribution is -2.12. The first-order chi connectivity index (χ1) is 12.0. The summed E-state index contributed by atoms with van der Waals surface area (Å²) >= 11 is 2.92. The summed E-state index contributed by atoms with van der Waals surface area (Å²) in [5.74, 6) is -0.672. The van der Waals surface area contributed by atoms with Crippen molar-refractivity contribution >= 4 is 40.2 Å². The van der Waals surface area contributed by atoms with Crippen LogP contribution in [0.15, 0.2) is 35.8 Å². The molecule has 0 unspecified atom stereocenters. The van der Waals surface area contributed by atoms with Gasteiger partial charge in [-0.1, -0.05) is 6.07 Å². The fourth-order valence-electron chi connectivity index (χ4n) is 2.34. The lowest BCUT2D eigenvalue weighted by atomic mass is 10.0. The van der Waals surface area contributed by atoms with E-state index in [4.69, 9.17) is 4.74 Å². The molecule has 2 aromatic heterocycles. The predicted octanol–water partition coefficient (Wildman–Crippen LogP) is 4.53. The van der Waals surface area contributed by atoms with Crippen LogP contribution < -0.4 is 5.32 Å². The SMILES string of the molecule is COC(=O)c1cc(NC(=O)c2cnc(-c3cccs3)s2)cc(C)c1C. The normalized spacial score (nSPS) is 10.5. The zero-order valence-electron chi connectivity index (χ0n) is 14.0. The molecule has 0 radical (unpaired) electrons. The molecular formula is C18H16N2O3S2. The Hall–Kier alpha value is -2.51. The number of nitrogens with one attached hydrogen (secondary N) is 1. The summed E-state index contributed by atoms with van der Waals surface area (Å²) in [6.45, 7) is 3.74. The highest BCUT2D eigenvalue weighted by molar-refractivity contribution is 7.22. The smallest absolute Gasteiger partial charge is 0.338 e. The molecule has 3 rings (SSSR count). The van der Waals surface area contributed by atoms with Crippen LogP contribution in [0, 0.1) is 13.8 Å². The van der Waals surface area contributed by atoms with Gasteiger partial charge in [0.2, 0.25) is 0 Å². The number of thiazole rings is 1. The molecule has 1 amide bonds. The number of amides is 1. The van der Waals surface area contributed by atoms with Crippen LogP contribution in [-0.4, -0.2) is 24.0 Å². The minimum Gasteiger partial charge on any atom is -0.465 e.